The van der Waals surface area contributed by atoms with E-state index in [1.807, 2.05) is 0 Å². The minimum Gasteiger partial charge on any atom is -0.330 e. The van der Waals surface area contributed by atoms with E-state index in [4.69, 9.17) is 5.73 Å². The lowest BCUT2D eigenvalue weighted by atomic mass is 9.98. The first-order chi connectivity index (χ1) is 4.21. The molecule has 0 aromatic carbocycles. The Bertz CT molecular complexity index is 97.1. The SMILES string of the molecule is CC(F)C1(CCN)CC1. The van der Waals surface area contributed by atoms with Gasteiger partial charge in [0.05, 0.1) is 0 Å². The second-order valence-corrected chi connectivity index (χ2v) is 3.02. The van der Waals surface area contributed by atoms with Gasteiger partial charge in [-0.05, 0) is 32.7 Å². The zero-order valence-electron chi connectivity index (χ0n) is 5.86. The lowest BCUT2D eigenvalue weighted by molar-refractivity contribution is 0.219. The molecule has 0 aromatic rings. The summed E-state index contributed by atoms with van der Waals surface area (Å²) in [6.45, 7) is 2.27. The zero-order chi connectivity index (χ0) is 6.91. The van der Waals surface area contributed by atoms with Gasteiger partial charge in [0.2, 0.25) is 0 Å². The molecule has 0 spiro atoms. The summed E-state index contributed by atoms with van der Waals surface area (Å²) in [5, 5.41) is 0. The van der Waals surface area contributed by atoms with Crippen molar-refractivity contribution in [3.05, 3.63) is 0 Å². The Balaban J connectivity index is 2.33. The Kier molecular flexibility index (Phi) is 1.75. The summed E-state index contributed by atoms with van der Waals surface area (Å²) >= 11 is 0. The van der Waals surface area contributed by atoms with Gasteiger partial charge >= 0.3 is 0 Å². The van der Waals surface area contributed by atoms with Crippen molar-refractivity contribution in [3.63, 3.8) is 0 Å². The highest BCUT2D eigenvalue weighted by molar-refractivity contribution is 4.97. The Morgan fingerprint density at radius 2 is 2.22 bits per heavy atom. The van der Waals surface area contributed by atoms with E-state index in [0.29, 0.717) is 6.54 Å². The Morgan fingerprint density at radius 3 is 2.33 bits per heavy atom. The first kappa shape index (κ1) is 7.00. The van der Waals surface area contributed by atoms with Crippen molar-refractivity contribution < 1.29 is 4.39 Å². The molecule has 0 heterocycles. The van der Waals surface area contributed by atoms with Gasteiger partial charge in [0, 0.05) is 5.41 Å². The molecule has 1 unspecified atom stereocenters. The van der Waals surface area contributed by atoms with Gasteiger partial charge < -0.3 is 5.73 Å². The lowest BCUT2D eigenvalue weighted by Crippen LogP contribution is -2.17. The topological polar surface area (TPSA) is 26.0 Å². The van der Waals surface area contributed by atoms with Gasteiger partial charge in [0.1, 0.15) is 6.17 Å². The van der Waals surface area contributed by atoms with Crippen LogP contribution >= 0.6 is 0 Å². The van der Waals surface area contributed by atoms with Crippen molar-refractivity contribution in [1.82, 2.24) is 0 Å². The summed E-state index contributed by atoms with van der Waals surface area (Å²) in [5.41, 5.74) is 5.33. The number of alkyl halides is 1. The smallest absolute Gasteiger partial charge is 0.103 e. The summed E-state index contributed by atoms with van der Waals surface area (Å²) in [5.74, 6) is 0. The minimum atomic E-state index is -0.652. The van der Waals surface area contributed by atoms with Gasteiger partial charge in [-0.15, -0.1) is 0 Å². The molecule has 2 N–H and O–H groups in total. The molecule has 1 aliphatic carbocycles. The van der Waals surface area contributed by atoms with E-state index in [1.165, 1.54) is 0 Å². The molecule has 0 radical (unpaired) electrons. The van der Waals surface area contributed by atoms with E-state index in [0.717, 1.165) is 19.3 Å². The standard InChI is InChI=1S/C7H14FN/c1-6(8)7(2-3-7)4-5-9/h6H,2-5,9H2,1H3. The largest absolute Gasteiger partial charge is 0.330 e. The molecule has 1 atom stereocenters. The monoisotopic (exact) mass is 131 g/mol. The summed E-state index contributed by atoms with van der Waals surface area (Å²) < 4.78 is 12.7. The number of hydrogen-bond acceptors (Lipinski definition) is 1. The molecule has 1 saturated carbocycles. The third kappa shape index (κ3) is 1.23. The van der Waals surface area contributed by atoms with E-state index >= 15 is 0 Å². The fourth-order valence-electron chi connectivity index (χ4n) is 1.29. The predicted octanol–water partition coefficient (Wildman–Crippen LogP) is 1.47. The maximum atomic E-state index is 12.7. The van der Waals surface area contributed by atoms with Crippen LogP contribution in [0.25, 0.3) is 0 Å². The van der Waals surface area contributed by atoms with E-state index in [-0.39, 0.29) is 5.41 Å². The van der Waals surface area contributed by atoms with Crippen LogP contribution in [-0.2, 0) is 0 Å². The molecule has 1 nitrogen and oxygen atoms in total. The lowest BCUT2D eigenvalue weighted by Gasteiger charge is -2.13. The molecule has 2 heteroatoms. The van der Waals surface area contributed by atoms with Crippen LogP contribution in [0.5, 0.6) is 0 Å². The number of rotatable bonds is 3. The average Bonchev–Trinajstić information content (AvgIpc) is 2.49. The van der Waals surface area contributed by atoms with Crippen molar-refractivity contribution in [1.29, 1.82) is 0 Å². The van der Waals surface area contributed by atoms with Gasteiger partial charge in [0.25, 0.3) is 0 Å². The Hall–Kier alpha value is -0.110. The van der Waals surface area contributed by atoms with Crippen LogP contribution in [0.4, 0.5) is 4.39 Å². The minimum absolute atomic E-state index is 0.00868. The molecular weight excluding hydrogens is 117 g/mol. The molecular formula is C7H14FN. The zero-order valence-corrected chi connectivity index (χ0v) is 5.86. The molecule has 9 heavy (non-hydrogen) atoms. The average molecular weight is 131 g/mol. The van der Waals surface area contributed by atoms with Crippen molar-refractivity contribution >= 4 is 0 Å². The predicted molar refractivity (Wildman–Crippen MR) is 35.9 cm³/mol. The molecule has 0 amide bonds. The molecule has 1 fully saturated rings. The first-order valence-corrected chi connectivity index (χ1v) is 3.55. The fraction of sp³-hybridized carbons (Fsp3) is 1.00. The van der Waals surface area contributed by atoms with Gasteiger partial charge in [-0.3, -0.25) is 0 Å². The molecule has 1 rings (SSSR count). The normalized spacial score (nSPS) is 25.7. The third-order valence-electron chi connectivity index (χ3n) is 2.38. The molecule has 1 aliphatic rings. The third-order valence-corrected chi connectivity index (χ3v) is 2.38. The van der Waals surface area contributed by atoms with Crippen molar-refractivity contribution in [2.24, 2.45) is 11.1 Å². The number of halogens is 1. The summed E-state index contributed by atoms with van der Waals surface area (Å²) in [4.78, 5) is 0. The van der Waals surface area contributed by atoms with Crippen LogP contribution < -0.4 is 5.73 Å². The van der Waals surface area contributed by atoms with E-state index in [2.05, 4.69) is 0 Å². The fourth-order valence-corrected chi connectivity index (χ4v) is 1.29. The van der Waals surface area contributed by atoms with Crippen LogP contribution in [-0.4, -0.2) is 12.7 Å². The highest BCUT2D eigenvalue weighted by atomic mass is 19.1. The van der Waals surface area contributed by atoms with E-state index in [1.54, 1.807) is 6.92 Å². The second-order valence-electron chi connectivity index (χ2n) is 3.02. The van der Waals surface area contributed by atoms with Crippen LogP contribution in [0.1, 0.15) is 26.2 Å². The van der Waals surface area contributed by atoms with Gasteiger partial charge in [-0.25, -0.2) is 4.39 Å². The van der Waals surface area contributed by atoms with Gasteiger partial charge in [-0.2, -0.15) is 0 Å². The van der Waals surface area contributed by atoms with Crippen LogP contribution in [0, 0.1) is 5.41 Å². The maximum Gasteiger partial charge on any atom is 0.103 e. The van der Waals surface area contributed by atoms with E-state index in [9.17, 15) is 4.39 Å². The second kappa shape index (κ2) is 2.25. The van der Waals surface area contributed by atoms with Gasteiger partial charge in [-0.1, -0.05) is 0 Å². The quantitative estimate of drug-likeness (QED) is 0.616. The van der Waals surface area contributed by atoms with Crippen LogP contribution in [0.15, 0.2) is 0 Å². The van der Waals surface area contributed by atoms with Crippen molar-refractivity contribution in [3.8, 4) is 0 Å². The highest BCUT2D eigenvalue weighted by Gasteiger charge is 2.46. The number of hydrogen-bond donors (Lipinski definition) is 1. The maximum absolute atomic E-state index is 12.7. The highest BCUT2D eigenvalue weighted by Crippen LogP contribution is 2.52. The van der Waals surface area contributed by atoms with Crippen molar-refractivity contribution in [2.75, 3.05) is 6.54 Å². The number of nitrogens with two attached hydrogens (primary N) is 1. The molecule has 0 saturated heterocycles. The van der Waals surface area contributed by atoms with Crippen LogP contribution in [0.3, 0.4) is 0 Å². The van der Waals surface area contributed by atoms with Crippen LogP contribution in [0.2, 0.25) is 0 Å². The molecule has 54 valence electrons. The molecule has 0 aliphatic heterocycles. The molecule has 0 bridgehead atoms. The summed E-state index contributed by atoms with van der Waals surface area (Å²) in [6, 6.07) is 0. The Labute approximate surface area is 55.4 Å². The van der Waals surface area contributed by atoms with E-state index < -0.39 is 6.17 Å². The molecule has 0 aromatic heterocycles. The Morgan fingerprint density at radius 1 is 1.67 bits per heavy atom. The van der Waals surface area contributed by atoms with Crippen molar-refractivity contribution in [2.45, 2.75) is 32.4 Å². The van der Waals surface area contributed by atoms with Gasteiger partial charge in [0.15, 0.2) is 0 Å². The summed E-state index contributed by atoms with van der Waals surface area (Å²) in [7, 11) is 0. The summed E-state index contributed by atoms with van der Waals surface area (Å²) in [6.07, 6.45) is 2.30. The first-order valence-electron chi connectivity index (χ1n) is 3.55.